The Balaban J connectivity index is 1.38. The van der Waals surface area contributed by atoms with E-state index in [1.165, 1.54) is 24.3 Å². The van der Waals surface area contributed by atoms with Gasteiger partial charge in [-0.05, 0) is 36.4 Å². The molecule has 1 fully saturated rings. The van der Waals surface area contributed by atoms with Gasteiger partial charge >= 0.3 is 12.0 Å². The van der Waals surface area contributed by atoms with Gasteiger partial charge in [-0.3, -0.25) is 14.9 Å². The van der Waals surface area contributed by atoms with Crippen LogP contribution in [0.3, 0.4) is 0 Å². The summed E-state index contributed by atoms with van der Waals surface area (Å²) in [6, 6.07) is 14.0. The van der Waals surface area contributed by atoms with Crippen LogP contribution in [0.25, 0.3) is 17.0 Å². The first-order chi connectivity index (χ1) is 17.9. The first-order valence-corrected chi connectivity index (χ1v) is 11.1. The summed E-state index contributed by atoms with van der Waals surface area (Å²) in [4.78, 5) is 50.7. The molecule has 2 aromatic heterocycles. The number of barbiturate groups is 1. The fourth-order valence-electron chi connectivity index (χ4n) is 4.34. The number of ether oxygens (including phenoxy) is 2. The third-order valence-electron chi connectivity index (χ3n) is 6.03. The topological polar surface area (TPSA) is 140 Å². The Hall–Kier alpha value is -5.32. The monoisotopic (exact) mass is 499 g/mol. The van der Waals surface area contributed by atoms with Crippen LogP contribution in [-0.2, 0) is 16.1 Å². The predicted octanol–water partition coefficient (Wildman–Crippen LogP) is 3.38. The minimum absolute atomic E-state index is 0.0300. The van der Waals surface area contributed by atoms with Gasteiger partial charge in [-0.1, -0.05) is 18.2 Å². The van der Waals surface area contributed by atoms with Gasteiger partial charge in [0.15, 0.2) is 11.5 Å². The van der Waals surface area contributed by atoms with Crippen LogP contribution >= 0.6 is 0 Å². The number of fused-ring (bicyclic) bond motifs is 2. The van der Waals surface area contributed by atoms with Gasteiger partial charge in [0.1, 0.15) is 11.3 Å². The van der Waals surface area contributed by atoms with Gasteiger partial charge in [0.05, 0.1) is 12.2 Å². The van der Waals surface area contributed by atoms with Crippen molar-refractivity contribution in [2.45, 2.75) is 6.54 Å². The number of benzene rings is 2. The van der Waals surface area contributed by atoms with Gasteiger partial charge in [-0.25, -0.2) is 14.5 Å². The van der Waals surface area contributed by atoms with Crippen LogP contribution in [0.2, 0.25) is 0 Å². The lowest BCUT2D eigenvalue weighted by molar-refractivity contribution is -0.122. The van der Waals surface area contributed by atoms with Crippen molar-refractivity contribution in [3.05, 3.63) is 83.5 Å². The second-order valence-electron chi connectivity index (χ2n) is 8.30. The molecule has 2 aliphatic rings. The highest BCUT2D eigenvalue weighted by molar-refractivity contribution is 6.39. The molecule has 0 radical (unpaired) electrons. The molecule has 1 saturated heterocycles. The van der Waals surface area contributed by atoms with Crippen molar-refractivity contribution in [1.82, 2.24) is 9.88 Å². The Morgan fingerprint density at radius 1 is 1.03 bits per heavy atom. The molecule has 0 spiro atoms. The molecule has 4 aromatic rings. The maximum absolute atomic E-state index is 13.4. The number of para-hydroxylation sites is 1. The normalized spacial score (nSPS) is 16.1. The molecule has 11 nitrogen and oxygen atoms in total. The summed E-state index contributed by atoms with van der Waals surface area (Å²) < 4.78 is 17.8. The van der Waals surface area contributed by atoms with Gasteiger partial charge in [0.25, 0.3) is 11.8 Å². The molecule has 4 amide bonds. The highest BCUT2D eigenvalue weighted by atomic mass is 16.7. The molecule has 2 N–H and O–H groups in total. The number of rotatable bonds is 5. The molecule has 6 rings (SSSR count). The zero-order chi connectivity index (χ0) is 25.7. The van der Waals surface area contributed by atoms with Crippen molar-refractivity contribution in [1.29, 1.82) is 0 Å². The standard InChI is InChI=1S/C26H17N3O8/c30-23-18(24(31)29(26(34)27-23)15-5-7-20-22(10-15)36-13-35-20)9-14-11-28(19-4-2-1-3-17(14)19)12-16-6-8-21(37-16)25(32)33/h1-11H,12-13H2,(H,32,33)(H,27,30,34)/b18-9+. The van der Waals surface area contributed by atoms with E-state index in [0.29, 0.717) is 22.8 Å². The van der Waals surface area contributed by atoms with Crippen molar-refractivity contribution >= 4 is 46.5 Å². The van der Waals surface area contributed by atoms with E-state index in [9.17, 15) is 19.2 Å². The molecule has 2 aliphatic heterocycles. The number of hydrogen-bond acceptors (Lipinski definition) is 7. The van der Waals surface area contributed by atoms with Crippen molar-refractivity contribution in [2.75, 3.05) is 11.7 Å². The maximum atomic E-state index is 13.4. The molecule has 37 heavy (non-hydrogen) atoms. The number of urea groups is 1. The predicted molar refractivity (Wildman–Crippen MR) is 128 cm³/mol. The van der Waals surface area contributed by atoms with Crippen LogP contribution in [0.4, 0.5) is 10.5 Å². The summed E-state index contributed by atoms with van der Waals surface area (Å²) in [7, 11) is 0. The summed E-state index contributed by atoms with van der Waals surface area (Å²) in [5.74, 6) is -1.66. The largest absolute Gasteiger partial charge is 0.475 e. The smallest absolute Gasteiger partial charge is 0.371 e. The third-order valence-corrected chi connectivity index (χ3v) is 6.03. The van der Waals surface area contributed by atoms with Gasteiger partial charge in [-0.2, -0.15) is 0 Å². The van der Waals surface area contributed by atoms with Gasteiger partial charge in [0.2, 0.25) is 12.6 Å². The molecule has 4 heterocycles. The number of furan rings is 1. The van der Waals surface area contributed by atoms with Crippen molar-refractivity contribution in [3.8, 4) is 11.5 Å². The fourth-order valence-corrected chi connectivity index (χ4v) is 4.34. The Bertz CT molecular complexity index is 1660. The summed E-state index contributed by atoms with van der Waals surface area (Å²) in [6.45, 7) is 0.251. The lowest BCUT2D eigenvalue weighted by Crippen LogP contribution is -2.54. The van der Waals surface area contributed by atoms with E-state index in [1.54, 1.807) is 18.3 Å². The quantitative estimate of drug-likeness (QED) is 0.315. The Labute approximate surface area is 208 Å². The molecule has 184 valence electrons. The molecular formula is C26H17N3O8. The molecule has 0 bridgehead atoms. The number of carbonyl (C=O) groups is 4. The highest BCUT2D eigenvalue weighted by Gasteiger charge is 2.37. The lowest BCUT2D eigenvalue weighted by atomic mass is 10.1. The number of aromatic carboxylic acids is 1. The average molecular weight is 499 g/mol. The van der Waals surface area contributed by atoms with Crippen LogP contribution in [-0.4, -0.2) is 40.3 Å². The number of amides is 4. The van der Waals surface area contributed by atoms with E-state index in [2.05, 4.69) is 5.32 Å². The number of nitrogens with zero attached hydrogens (tertiary/aromatic N) is 2. The van der Waals surface area contributed by atoms with E-state index in [-0.39, 0.29) is 30.4 Å². The second kappa shape index (κ2) is 8.41. The first-order valence-electron chi connectivity index (χ1n) is 11.1. The van der Waals surface area contributed by atoms with E-state index in [4.69, 9.17) is 19.0 Å². The second-order valence-corrected chi connectivity index (χ2v) is 8.30. The van der Waals surface area contributed by atoms with Crippen LogP contribution < -0.4 is 19.7 Å². The number of aromatic nitrogens is 1. The SMILES string of the molecule is O=C1NC(=O)N(c2ccc3c(c2)OCO3)C(=O)/C1=C/c1cn(Cc2ccc(C(=O)O)o2)c2ccccc12. The lowest BCUT2D eigenvalue weighted by Gasteiger charge is -2.26. The molecule has 11 heteroatoms. The zero-order valence-electron chi connectivity index (χ0n) is 19.0. The van der Waals surface area contributed by atoms with E-state index < -0.39 is 23.8 Å². The highest BCUT2D eigenvalue weighted by Crippen LogP contribution is 2.36. The summed E-state index contributed by atoms with van der Waals surface area (Å²) in [5, 5.41) is 12.1. The fraction of sp³-hybridized carbons (Fsp3) is 0.0769. The van der Waals surface area contributed by atoms with Gasteiger partial charge in [0, 0.05) is 28.7 Å². The van der Waals surface area contributed by atoms with E-state index in [1.807, 2.05) is 28.8 Å². The Morgan fingerprint density at radius 3 is 2.65 bits per heavy atom. The molecule has 0 atom stereocenters. The number of carboxylic acid groups (broad SMARTS) is 1. The first kappa shape index (κ1) is 22.2. The number of nitrogens with one attached hydrogen (secondary N) is 1. The van der Waals surface area contributed by atoms with Gasteiger partial charge < -0.3 is 23.6 Å². The van der Waals surface area contributed by atoms with Crippen LogP contribution in [0, 0.1) is 0 Å². The van der Waals surface area contributed by atoms with Crippen LogP contribution in [0.5, 0.6) is 11.5 Å². The Kier molecular flexibility index (Phi) is 5.04. The van der Waals surface area contributed by atoms with Crippen molar-refractivity contribution < 1.29 is 38.2 Å². The van der Waals surface area contributed by atoms with Crippen molar-refractivity contribution in [2.24, 2.45) is 0 Å². The third kappa shape index (κ3) is 3.78. The van der Waals surface area contributed by atoms with E-state index in [0.717, 1.165) is 15.8 Å². The summed E-state index contributed by atoms with van der Waals surface area (Å²) in [6.07, 6.45) is 3.15. The molecule has 0 saturated carbocycles. The molecule has 0 aliphatic carbocycles. The Morgan fingerprint density at radius 2 is 1.84 bits per heavy atom. The van der Waals surface area contributed by atoms with Gasteiger partial charge in [-0.15, -0.1) is 0 Å². The molecule has 0 unspecified atom stereocenters. The number of anilines is 1. The molecule has 2 aromatic carbocycles. The van der Waals surface area contributed by atoms with Crippen LogP contribution in [0.15, 0.2) is 70.8 Å². The van der Waals surface area contributed by atoms with Crippen LogP contribution in [0.1, 0.15) is 21.9 Å². The van der Waals surface area contributed by atoms with E-state index >= 15 is 0 Å². The number of carbonyl (C=O) groups excluding carboxylic acids is 3. The zero-order valence-corrected chi connectivity index (χ0v) is 19.0. The van der Waals surface area contributed by atoms with Crippen molar-refractivity contribution in [3.63, 3.8) is 0 Å². The summed E-state index contributed by atoms with van der Waals surface area (Å²) in [5.41, 5.74) is 1.32. The molecular weight excluding hydrogens is 482 g/mol. The average Bonchev–Trinajstić information content (AvgIpc) is 3.61. The number of carboxylic acids is 1. The number of hydrogen-bond donors (Lipinski definition) is 2. The summed E-state index contributed by atoms with van der Waals surface area (Å²) >= 11 is 0. The minimum atomic E-state index is -1.17. The number of imide groups is 2. The maximum Gasteiger partial charge on any atom is 0.371 e. The minimum Gasteiger partial charge on any atom is -0.475 e.